The van der Waals surface area contributed by atoms with Crippen LogP contribution in [0.3, 0.4) is 0 Å². The van der Waals surface area contributed by atoms with Crippen LogP contribution in [0.25, 0.3) is 0 Å². The molecule has 15 heavy (non-hydrogen) atoms. The summed E-state index contributed by atoms with van der Waals surface area (Å²) in [4.78, 5) is 21.8. The Labute approximate surface area is 89.7 Å². The number of hydrogen-bond acceptors (Lipinski definition) is 5. The Bertz CT molecular complexity index is 317. The van der Waals surface area contributed by atoms with Gasteiger partial charge in [-0.25, -0.2) is 8.42 Å². The molecule has 0 aliphatic carbocycles. The highest BCUT2D eigenvalue weighted by atomic mass is 32.2. The van der Waals surface area contributed by atoms with Crippen LogP contribution >= 0.6 is 0 Å². The van der Waals surface area contributed by atoms with Gasteiger partial charge in [0.1, 0.15) is 12.2 Å². The van der Waals surface area contributed by atoms with Crippen molar-refractivity contribution in [2.75, 3.05) is 18.6 Å². The van der Waals surface area contributed by atoms with Gasteiger partial charge in [-0.15, -0.1) is 0 Å². The Morgan fingerprint density at radius 3 is 2.33 bits per heavy atom. The van der Waals surface area contributed by atoms with E-state index >= 15 is 0 Å². The highest BCUT2D eigenvalue weighted by Crippen LogP contribution is 1.99. The number of esters is 1. The summed E-state index contributed by atoms with van der Waals surface area (Å²) in [5, 5.41) is 0. The first-order valence-electron chi connectivity index (χ1n) is 4.70. The second-order valence-corrected chi connectivity index (χ2v) is 5.42. The third-order valence-electron chi connectivity index (χ3n) is 1.76. The van der Waals surface area contributed by atoms with Crippen molar-refractivity contribution >= 4 is 21.6 Å². The summed E-state index contributed by atoms with van der Waals surface area (Å²) in [6, 6.07) is 0. The van der Waals surface area contributed by atoms with Gasteiger partial charge in [-0.3, -0.25) is 9.59 Å². The Balaban J connectivity index is 4.11. The average Bonchev–Trinajstić information content (AvgIpc) is 2.13. The van der Waals surface area contributed by atoms with Crippen molar-refractivity contribution < 1.29 is 22.7 Å². The van der Waals surface area contributed by atoms with Gasteiger partial charge < -0.3 is 4.74 Å². The van der Waals surface area contributed by atoms with Crippen LogP contribution in [0.15, 0.2) is 0 Å². The third kappa shape index (κ3) is 7.07. The van der Waals surface area contributed by atoms with Crippen molar-refractivity contribution in [3.63, 3.8) is 0 Å². The zero-order chi connectivity index (χ0) is 11.9. The standard InChI is InChI=1S/C9H16O5S/c1-3-4-5-15(12,13)7-8(10)6-9(11)14-2/h3-7H2,1-2H3. The van der Waals surface area contributed by atoms with Crippen molar-refractivity contribution in [3.05, 3.63) is 0 Å². The Kier molecular flexibility index (Phi) is 6.15. The molecular formula is C9H16O5S. The monoisotopic (exact) mass is 236 g/mol. The molecule has 0 atom stereocenters. The van der Waals surface area contributed by atoms with E-state index in [2.05, 4.69) is 4.74 Å². The maximum Gasteiger partial charge on any atom is 0.313 e. The molecule has 0 saturated heterocycles. The van der Waals surface area contributed by atoms with E-state index in [1.165, 1.54) is 0 Å². The number of Topliss-reactive ketones (excluding diaryl/α,β-unsaturated/α-hetero) is 1. The smallest absolute Gasteiger partial charge is 0.313 e. The van der Waals surface area contributed by atoms with E-state index in [0.29, 0.717) is 6.42 Å². The molecule has 0 saturated carbocycles. The van der Waals surface area contributed by atoms with Crippen molar-refractivity contribution in [2.45, 2.75) is 26.2 Å². The van der Waals surface area contributed by atoms with Gasteiger partial charge in [0.25, 0.3) is 0 Å². The average molecular weight is 236 g/mol. The van der Waals surface area contributed by atoms with Gasteiger partial charge in [0, 0.05) is 0 Å². The van der Waals surface area contributed by atoms with Gasteiger partial charge in [-0.2, -0.15) is 0 Å². The van der Waals surface area contributed by atoms with E-state index in [4.69, 9.17) is 0 Å². The van der Waals surface area contributed by atoms with Crippen LogP contribution in [0, 0.1) is 0 Å². The number of unbranched alkanes of at least 4 members (excludes halogenated alkanes) is 1. The minimum absolute atomic E-state index is 0.00356. The molecule has 0 rings (SSSR count). The quantitative estimate of drug-likeness (QED) is 0.470. The molecule has 0 aliphatic heterocycles. The number of carbonyl (C=O) groups excluding carboxylic acids is 2. The molecule has 0 aromatic rings. The normalized spacial score (nSPS) is 11.1. The molecule has 5 nitrogen and oxygen atoms in total. The topological polar surface area (TPSA) is 77.5 Å². The van der Waals surface area contributed by atoms with E-state index in [0.717, 1.165) is 13.5 Å². The number of hydrogen-bond donors (Lipinski definition) is 0. The minimum Gasteiger partial charge on any atom is -0.469 e. The van der Waals surface area contributed by atoms with Gasteiger partial charge in [0.15, 0.2) is 15.6 Å². The van der Waals surface area contributed by atoms with Gasteiger partial charge in [0.05, 0.1) is 12.9 Å². The Hall–Kier alpha value is -0.910. The summed E-state index contributed by atoms with van der Waals surface area (Å²) in [5.74, 6) is -1.89. The van der Waals surface area contributed by atoms with Gasteiger partial charge in [-0.1, -0.05) is 13.3 Å². The number of carbonyl (C=O) groups is 2. The Morgan fingerprint density at radius 1 is 1.27 bits per heavy atom. The SMILES string of the molecule is CCCCS(=O)(=O)CC(=O)CC(=O)OC. The van der Waals surface area contributed by atoms with Crippen LogP contribution in [-0.2, 0) is 24.2 Å². The second-order valence-electron chi connectivity index (χ2n) is 3.24. The summed E-state index contributed by atoms with van der Waals surface area (Å²) >= 11 is 0. The van der Waals surface area contributed by atoms with Crippen LogP contribution in [0.5, 0.6) is 0 Å². The first kappa shape index (κ1) is 14.1. The lowest BCUT2D eigenvalue weighted by molar-refractivity contribution is -0.142. The summed E-state index contributed by atoms with van der Waals surface area (Å²) < 4.78 is 26.9. The van der Waals surface area contributed by atoms with Crippen molar-refractivity contribution in [1.29, 1.82) is 0 Å². The van der Waals surface area contributed by atoms with Crippen LogP contribution in [-0.4, -0.2) is 38.8 Å². The fraction of sp³-hybridized carbons (Fsp3) is 0.778. The predicted molar refractivity (Wildman–Crippen MR) is 55.2 cm³/mol. The van der Waals surface area contributed by atoms with E-state index < -0.39 is 33.8 Å². The van der Waals surface area contributed by atoms with Crippen molar-refractivity contribution in [2.24, 2.45) is 0 Å². The molecule has 0 aromatic heterocycles. The molecule has 0 amide bonds. The first-order valence-corrected chi connectivity index (χ1v) is 6.52. The zero-order valence-electron chi connectivity index (χ0n) is 8.99. The zero-order valence-corrected chi connectivity index (χ0v) is 9.80. The predicted octanol–water partition coefficient (Wildman–Crippen LogP) is 0.333. The largest absolute Gasteiger partial charge is 0.469 e. The molecule has 0 fully saturated rings. The van der Waals surface area contributed by atoms with Gasteiger partial charge in [-0.05, 0) is 6.42 Å². The summed E-state index contributed by atoms with van der Waals surface area (Å²) in [5.41, 5.74) is 0. The molecule has 6 heteroatoms. The number of ketones is 1. The molecule has 0 bridgehead atoms. The molecule has 0 aliphatic rings. The molecule has 0 unspecified atom stereocenters. The summed E-state index contributed by atoms with van der Waals surface area (Å²) in [6.45, 7) is 1.87. The lowest BCUT2D eigenvalue weighted by atomic mass is 10.3. The van der Waals surface area contributed by atoms with E-state index in [-0.39, 0.29) is 5.75 Å². The van der Waals surface area contributed by atoms with E-state index in [1.54, 1.807) is 0 Å². The van der Waals surface area contributed by atoms with Gasteiger partial charge in [0.2, 0.25) is 0 Å². The van der Waals surface area contributed by atoms with Crippen LogP contribution < -0.4 is 0 Å². The van der Waals surface area contributed by atoms with Crippen molar-refractivity contribution in [1.82, 2.24) is 0 Å². The van der Waals surface area contributed by atoms with E-state index in [1.807, 2.05) is 6.92 Å². The molecule has 0 radical (unpaired) electrons. The maximum atomic E-state index is 11.3. The fourth-order valence-electron chi connectivity index (χ4n) is 0.966. The molecule has 0 N–H and O–H groups in total. The number of sulfone groups is 1. The molecule has 0 heterocycles. The summed E-state index contributed by atoms with van der Waals surface area (Å²) in [7, 11) is -2.20. The van der Waals surface area contributed by atoms with Crippen LogP contribution in [0.1, 0.15) is 26.2 Å². The fourth-order valence-corrected chi connectivity index (χ4v) is 2.43. The number of rotatable bonds is 7. The van der Waals surface area contributed by atoms with Crippen LogP contribution in [0.4, 0.5) is 0 Å². The maximum absolute atomic E-state index is 11.3. The lowest BCUT2D eigenvalue weighted by Crippen LogP contribution is -2.21. The summed E-state index contributed by atoms with van der Waals surface area (Å²) in [6.07, 6.45) is 0.820. The molecule has 0 aromatic carbocycles. The van der Waals surface area contributed by atoms with Gasteiger partial charge >= 0.3 is 5.97 Å². The molecular weight excluding hydrogens is 220 g/mol. The molecule has 88 valence electrons. The van der Waals surface area contributed by atoms with Crippen LogP contribution in [0.2, 0.25) is 0 Å². The highest BCUT2D eigenvalue weighted by molar-refractivity contribution is 7.92. The highest BCUT2D eigenvalue weighted by Gasteiger charge is 2.18. The lowest BCUT2D eigenvalue weighted by Gasteiger charge is -2.02. The molecule has 0 spiro atoms. The van der Waals surface area contributed by atoms with E-state index in [9.17, 15) is 18.0 Å². The number of methoxy groups -OCH3 is 1. The van der Waals surface area contributed by atoms with Crippen molar-refractivity contribution in [3.8, 4) is 0 Å². The first-order chi connectivity index (χ1) is 6.91. The second kappa shape index (κ2) is 6.55. The number of ether oxygens (including phenoxy) is 1. The Morgan fingerprint density at radius 2 is 1.87 bits per heavy atom. The minimum atomic E-state index is -3.35. The third-order valence-corrected chi connectivity index (χ3v) is 3.43.